The van der Waals surface area contributed by atoms with Gasteiger partial charge >= 0.3 is 0 Å². The zero-order valence-corrected chi connectivity index (χ0v) is 13.9. The van der Waals surface area contributed by atoms with Crippen LogP contribution in [0.25, 0.3) is 0 Å². The summed E-state index contributed by atoms with van der Waals surface area (Å²) in [4.78, 5) is 28.2. The normalized spacial score (nSPS) is 16.0. The van der Waals surface area contributed by atoms with Crippen LogP contribution in [0, 0.1) is 17.5 Å². The van der Waals surface area contributed by atoms with E-state index in [1.165, 1.54) is 6.07 Å². The molecule has 0 amide bonds. The van der Waals surface area contributed by atoms with Gasteiger partial charge in [-0.3, -0.25) is 14.5 Å². The molecule has 0 saturated carbocycles. The highest BCUT2D eigenvalue weighted by molar-refractivity contribution is 8.01. The van der Waals surface area contributed by atoms with Crippen LogP contribution in [0.2, 0.25) is 0 Å². The summed E-state index contributed by atoms with van der Waals surface area (Å²) in [6.07, 6.45) is -4.54. The monoisotopic (exact) mass is 406 g/mol. The van der Waals surface area contributed by atoms with Crippen molar-refractivity contribution < 1.29 is 41.0 Å². The van der Waals surface area contributed by atoms with E-state index in [-0.39, 0.29) is 0 Å². The van der Waals surface area contributed by atoms with Crippen LogP contribution in [0.3, 0.4) is 0 Å². The second-order valence-electron chi connectivity index (χ2n) is 5.53. The Labute approximate surface area is 152 Å². The van der Waals surface area contributed by atoms with E-state index in [1.807, 2.05) is 0 Å². The maximum atomic E-state index is 14.1. The second kappa shape index (κ2) is 7.26. The van der Waals surface area contributed by atoms with Gasteiger partial charge in [-0.1, -0.05) is 18.2 Å². The predicted octanol–water partition coefficient (Wildman–Crippen LogP) is 5.23. The van der Waals surface area contributed by atoms with Crippen molar-refractivity contribution in [2.24, 2.45) is 0 Å². The number of rotatable bonds is 5. The number of thioether (sulfide) groups is 1. The molecular weight excluding hydrogens is 398 g/mol. The fourth-order valence-electron chi connectivity index (χ4n) is 2.73. The molecule has 0 saturated heterocycles. The quantitative estimate of drug-likeness (QED) is 0.387. The Morgan fingerprint density at radius 3 is 2.37 bits per heavy atom. The number of carbonyl (C=O) groups is 2. The third-order valence-corrected chi connectivity index (χ3v) is 5.25. The maximum absolute atomic E-state index is 14.1. The number of alkyl halides is 2. The first-order valence-corrected chi connectivity index (χ1v) is 8.26. The van der Waals surface area contributed by atoms with E-state index >= 15 is 0 Å². The molecule has 0 bridgehead atoms. The highest BCUT2D eigenvalue weighted by Crippen LogP contribution is 2.41. The molecule has 2 aromatic carbocycles. The summed E-state index contributed by atoms with van der Waals surface area (Å²) >= 11 is 0.968. The summed E-state index contributed by atoms with van der Waals surface area (Å²) in [5.41, 5.74) is -3.23. The number of carbonyl (C=O) groups excluding carboxylic acids is 2. The van der Waals surface area contributed by atoms with Gasteiger partial charge in [-0.15, -0.1) is 11.8 Å². The molecule has 0 aromatic heterocycles. The molecule has 3 nitrogen and oxygen atoms in total. The number of Topliss-reactive ketones (excluding diaryl/α,β-unsaturated/α-hetero) is 2. The average Bonchev–Trinajstić information content (AvgIpc) is 2.93. The summed E-state index contributed by atoms with van der Waals surface area (Å²) in [7, 11) is 0. The van der Waals surface area contributed by atoms with Crippen LogP contribution in [0.15, 0.2) is 29.2 Å². The first-order valence-electron chi connectivity index (χ1n) is 7.38. The third-order valence-electron chi connectivity index (χ3n) is 3.97. The van der Waals surface area contributed by atoms with Gasteiger partial charge in [0.1, 0.15) is 5.56 Å². The molecule has 0 fully saturated rings. The molecule has 1 aliphatic heterocycles. The van der Waals surface area contributed by atoms with Gasteiger partial charge in [0.2, 0.25) is 5.75 Å². The number of halogens is 6. The first kappa shape index (κ1) is 19.3. The molecule has 3 rings (SSSR count). The van der Waals surface area contributed by atoms with Crippen LogP contribution in [-0.4, -0.2) is 16.8 Å². The van der Waals surface area contributed by atoms with E-state index < -0.39 is 64.0 Å². The van der Waals surface area contributed by atoms with Gasteiger partial charge in [0.25, 0.3) is 6.43 Å². The van der Waals surface area contributed by atoms with E-state index in [2.05, 4.69) is 4.94 Å². The Hall–Kier alpha value is -2.49. The van der Waals surface area contributed by atoms with E-state index in [9.17, 15) is 36.1 Å². The molecular formula is C17H8F6O3S. The van der Waals surface area contributed by atoms with Crippen molar-refractivity contribution in [1.82, 2.24) is 0 Å². The Kier molecular flexibility index (Phi) is 5.18. The molecule has 0 aliphatic carbocycles. The minimum absolute atomic E-state index is 0.313. The lowest BCUT2D eigenvalue weighted by Gasteiger charge is -2.13. The van der Waals surface area contributed by atoms with Crippen LogP contribution in [-0.2, 0) is 0 Å². The van der Waals surface area contributed by atoms with Crippen LogP contribution >= 0.6 is 11.8 Å². The zero-order valence-electron chi connectivity index (χ0n) is 13.1. The summed E-state index contributed by atoms with van der Waals surface area (Å²) in [5.74, 6) is -10.3. The number of fused-ring (bicyclic) bond motifs is 1. The zero-order chi connectivity index (χ0) is 19.9. The molecule has 142 valence electrons. The van der Waals surface area contributed by atoms with Crippen molar-refractivity contribution in [3.8, 4) is 5.75 Å². The van der Waals surface area contributed by atoms with Crippen LogP contribution in [0.5, 0.6) is 5.75 Å². The fourth-order valence-corrected chi connectivity index (χ4v) is 3.96. The van der Waals surface area contributed by atoms with E-state index in [4.69, 9.17) is 0 Å². The molecule has 1 atom stereocenters. The van der Waals surface area contributed by atoms with Crippen molar-refractivity contribution >= 4 is 23.3 Å². The largest absolute Gasteiger partial charge is 0.294 e. The highest BCUT2D eigenvalue weighted by Gasteiger charge is 2.38. The molecule has 0 spiro atoms. The fraction of sp³-hybridized carbons (Fsp3) is 0.176. The van der Waals surface area contributed by atoms with Crippen LogP contribution in [0.1, 0.15) is 39.1 Å². The van der Waals surface area contributed by atoms with Gasteiger partial charge in [0.15, 0.2) is 29.0 Å². The first-order chi connectivity index (χ1) is 12.8. The molecule has 0 N–H and O–H groups in total. The van der Waals surface area contributed by atoms with E-state index in [0.717, 1.165) is 11.8 Å². The molecule has 27 heavy (non-hydrogen) atoms. The van der Waals surface area contributed by atoms with E-state index in [1.54, 1.807) is 18.2 Å². The van der Waals surface area contributed by atoms with Gasteiger partial charge in [-0.2, -0.15) is 0 Å². The van der Waals surface area contributed by atoms with Gasteiger partial charge < -0.3 is 0 Å². The maximum Gasteiger partial charge on any atom is 0.269 e. The Balaban J connectivity index is 1.98. The molecule has 1 unspecified atom stereocenters. The van der Waals surface area contributed by atoms with E-state index in [0.29, 0.717) is 10.5 Å². The van der Waals surface area contributed by atoms with Gasteiger partial charge in [-0.25, -0.2) is 22.0 Å². The number of hydrogen-bond acceptors (Lipinski definition) is 4. The topological polar surface area (TPSA) is 43.4 Å². The molecule has 0 radical (unpaired) electrons. The van der Waals surface area contributed by atoms with Crippen molar-refractivity contribution in [2.75, 3.05) is 0 Å². The summed E-state index contributed by atoms with van der Waals surface area (Å²) in [5, 5.41) is -1.04. The lowest BCUT2D eigenvalue weighted by molar-refractivity contribution is -0.0132. The summed E-state index contributed by atoms with van der Waals surface area (Å²) in [6, 6.07) is 6.34. The van der Waals surface area contributed by atoms with Crippen molar-refractivity contribution in [3.63, 3.8) is 0 Å². The minimum atomic E-state index is -3.81. The summed E-state index contributed by atoms with van der Waals surface area (Å²) < 4.78 is 79.8. The Bertz CT molecular complexity index is 947. The molecule has 1 aliphatic rings. The van der Waals surface area contributed by atoms with Gasteiger partial charge in [0.05, 0.1) is 10.8 Å². The lowest BCUT2D eigenvalue weighted by atomic mass is 9.98. The third kappa shape index (κ3) is 3.18. The van der Waals surface area contributed by atoms with Crippen LogP contribution in [0.4, 0.5) is 26.5 Å². The SMILES string of the molecule is O=C(CC1Sc2ccccc2C1=O)c1c(F)c(F)c(C(F)F)c(F)c1OF. The summed E-state index contributed by atoms with van der Waals surface area (Å²) in [6.45, 7) is 0. The second-order valence-corrected chi connectivity index (χ2v) is 6.78. The van der Waals surface area contributed by atoms with Crippen LogP contribution < -0.4 is 4.94 Å². The Morgan fingerprint density at radius 1 is 1.11 bits per heavy atom. The molecule has 2 aromatic rings. The van der Waals surface area contributed by atoms with Crippen molar-refractivity contribution in [1.29, 1.82) is 0 Å². The molecule has 10 heteroatoms. The smallest absolute Gasteiger partial charge is 0.269 e. The molecule has 1 heterocycles. The van der Waals surface area contributed by atoms with Crippen molar-refractivity contribution in [3.05, 3.63) is 58.4 Å². The van der Waals surface area contributed by atoms with Gasteiger partial charge in [0, 0.05) is 21.4 Å². The van der Waals surface area contributed by atoms with Gasteiger partial charge in [-0.05, 0) is 6.07 Å². The average molecular weight is 406 g/mol. The number of ketones is 2. The Morgan fingerprint density at radius 2 is 1.78 bits per heavy atom. The standard InChI is InChI=1S/C17H8F6O3S/c18-12-10(16(26-23)14(20)11(13(12)19)17(21)22)7(24)5-9-15(25)6-3-1-2-4-8(6)27-9/h1-4,9,17H,5H2. The minimum Gasteiger partial charge on any atom is -0.294 e. The number of hydrogen-bond donors (Lipinski definition) is 0. The predicted molar refractivity (Wildman–Crippen MR) is 82.4 cm³/mol. The highest BCUT2D eigenvalue weighted by atomic mass is 32.2. The number of benzene rings is 2. The van der Waals surface area contributed by atoms with Crippen molar-refractivity contribution in [2.45, 2.75) is 23.0 Å². The lowest BCUT2D eigenvalue weighted by Crippen LogP contribution is -2.19.